The number of ether oxygens (including phenoxy) is 1. The minimum Gasteiger partial charge on any atom is -0.494 e. The van der Waals surface area contributed by atoms with Gasteiger partial charge >= 0.3 is 12.0 Å². The Morgan fingerprint density at radius 3 is 2.41 bits per heavy atom. The first-order valence-corrected chi connectivity index (χ1v) is 12.1. The highest BCUT2D eigenvalue weighted by Crippen LogP contribution is 2.35. The molecule has 4 rings (SSSR count). The molecule has 1 unspecified atom stereocenters. The number of rotatable bonds is 9. The van der Waals surface area contributed by atoms with Gasteiger partial charge in [0.2, 0.25) is 0 Å². The summed E-state index contributed by atoms with van der Waals surface area (Å²) < 4.78 is 7.73. The number of amides is 2. The highest BCUT2D eigenvalue weighted by atomic mass is 16.5. The first kappa shape index (κ1) is 25.3. The topological polar surface area (TPSA) is 116 Å². The zero-order valence-electron chi connectivity index (χ0n) is 20.7. The van der Waals surface area contributed by atoms with Crippen LogP contribution < -0.4 is 15.4 Å². The van der Waals surface area contributed by atoms with Gasteiger partial charge in [-0.1, -0.05) is 42.5 Å². The van der Waals surface area contributed by atoms with E-state index in [-0.39, 0.29) is 6.42 Å². The molecular weight excluding hydrogens is 468 g/mol. The Labute approximate surface area is 215 Å². The average Bonchev–Trinajstić information content (AvgIpc) is 3.22. The zero-order chi connectivity index (χ0) is 26.4. The Bertz CT molecular complexity index is 1450. The Morgan fingerprint density at radius 1 is 1.05 bits per heavy atom. The summed E-state index contributed by atoms with van der Waals surface area (Å²) in [7, 11) is 0. The number of hydrogen-bond acceptors (Lipinski definition) is 4. The van der Waals surface area contributed by atoms with Gasteiger partial charge in [0.1, 0.15) is 17.9 Å². The van der Waals surface area contributed by atoms with Crippen molar-refractivity contribution in [3.8, 4) is 23.1 Å². The first-order valence-electron chi connectivity index (χ1n) is 12.1. The summed E-state index contributed by atoms with van der Waals surface area (Å²) in [4.78, 5) is 24.2. The lowest BCUT2D eigenvalue weighted by atomic mass is 10.1. The molecule has 0 aliphatic rings. The van der Waals surface area contributed by atoms with Crippen LogP contribution in [0.15, 0.2) is 72.8 Å². The number of nitrogens with zero attached hydrogens (tertiary/aromatic N) is 2. The number of nitrogens with one attached hydrogen (secondary N) is 2. The predicted molar refractivity (Wildman–Crippen MR) is 143 cm³/mol. The monoisotopic (exact) mass is 496 g/mol. The van der Waals surface area contributed by atoms with Gasteiger partial charge in [0.15, 0.2) is 0 Å². The Hall–Kier alpha value is -4.77. The van der Waals surface area contributed by atoms with Crippen molar-refractivity contribution < 1.29 is 19.4 Å². The average molecular weight is 497 g/mol. The largest absolute Gasteiger partial charge is 0.494 e. The van der Waals surface area contributed by atoms with Crippen molar-refractivity contribution in [2.75, 3.05) is 11.9 Å². The van der Waals surface area contributed by atoms with Crippen molar-refractivity contribution in [1.29, 1.82) is 5.26 Å². The van der Waals surface area contributed by atoms with Crippen LogP contribution in [0.3, 0.4) is 0 Å². The second-order valence-corrected chi connectivity index (χ2v) is 8.45. The van der Waals surface area contributed by atoms with Crippen LogP contribution in [0.4, 0.5) is 10.5 Å². The van der Waals surface area contributed by atoms with Gasteiger partial charge in [0, 0.05) is 30.1 Å². The maximum Gasteiger partial charge on any atom is 0.326 e. The fraction of sp³-hybridized carbons (Fsp3) is 0.207. The van der Waals surface area contributed by atoms with Crippen molar-refractivity contribution in [3.63, 3.8) is 0 Å². The van der Waals surface area contributed by atoms with E-state index in [0.29, 0.717) is 24.4 Å². The number of carbonyl (C=O) groups is 2. The fourth-order valence-electron chi connectivity index (χ4n) is 4.41. The lowest BCUT2D eigenvalue weighted by molar-refractivity contribution is -0.139. The van der Waals surface area contributed by atoms with Gasteiger partial charge in [-0.3, -0.25) is 0 Å². The Morgan fingerprint density at radius 2 is 1.78 bits per heavy atom. The highest BCUT2D eigenvalue weighted by molar-refractivity contribution is 5.96. The van der Waals surface area contributed by atoms with Crippen LogP contribution in [0, 0.1) is 11.3 Å². The van der Waals surface area contributed by atoms with E-state index in [0.717, 1.165) is 33.5 Å². The second kappa shape index (κ2) is 11.3. The van der Waals surface area contributed by atoms with Crippen LogP contribution in [0.1, 0.15) is 25.0 Å². The molecule has 4 aromatic rings. The summed E-state index contributed by atoms with van der Waals surface area (Å²) in [6, 6.07) is 22.6. The second-order valence-electron chi connectivity index (χ2n) is 8.45. The predicted octanol–water partition coefficient (Wildman–Crippen LogP) is 5.42. The van der Waals surface area contributed by atoms with E-state index in [9.17, 15) is 20.0 Å². The number of hydrogen-bond donors (Lipinski definition) is 3. The minimum absolute atomic E-state index is 0.173. The number of aromatic nitrogens is 1. The number of aliphatic carboxylic acids is 1. The first-order chi connectivity index (χ1) is 17.9. The molecule has 1 atom stereocenters. The fourth-order valence-corrected chi connectivity index (χ4v) is 4.41. The van der Waals surface area contributed by atoms with E-state index in [1.54, 1.807) is 12.1 Å². The number of benzene rings is 3. The van der Waals surface area contributed by atoms with Gasteiger partial charge < -0.3 is 25.0 Å². The summed E-state index contributed by atoms with van der Waals surface area (Å²) in [5, 5.41) is 25.6. The third-order valence-corrected chi connectivity index (χ3v) is 6.08. The standard InChI is InChI=1S/C29H28N4O4/c1-3-33-26-17-22(37-4-2)14-15-23(26)24(18-30)27(33)20-10-12-21(13-11-20)31-29(36)32-25(28(34)35)16-19-8-6-5-7-9-19/h5-15,17,25H,3-4,16H2,1-2H3,(H,34,35)(H2,31,32,36). The van der Waals surface area contributed by atoms with E-state index in [2.05, 4.69) is 21.3 Å². The molecule has 0 radical (unpaired) electrons. The summed E-state index contributed by atoms with van der Waals surface area (Å²) in [5.41, 5.74) is 4.42. The van der Waals surface area contributed by atoms with Crippen LogP contribution in [-0.4, -0.2) is 34.3 Å². The molecular formula is C29H28N4O4. The van der Waals surface area contributed by atoms with Crippen molar-refractivity contribution in [3.05, 3.63) is 83.9 Å². The molecule has 0 saturated heterocycles. The Balaban J connectivity index is 1.55. The van der Waals surface area contributed by atoms with Gasteiger partial charge in [-0.05, 0) is 49.2 Å². The maximum absolute atomic E-state index is 12.5. The molecule has 188 valence electrons. The summed E-state index contributed by atoms with van der Waals surface area (Å²) in [5.74, 6) is -0.367. The number of carboxylic acids is 1. The SMILES string of the molecule is CCOc1ccc2c(C#N)c(-c3ccc(NC(=O)NC(Cc4ccccc4)C(=O)O)cc3)n(CC)c2c1. The lowest BCUT2D eigenvalue weighted by Gasteiger charge is -2.15. The van der Waals surface area contributed by atoms with E-state index in [4.69, 9.17) is 4.74 Å². The van der Waals surface area contributed by atoms with E-state index < -0.39 is 18.0 Å². The quantitative estimate of drug-likeness (QED) is 0.286. The molecule has 0 saturated carbocycles. The molecule has 0 fully saturated rings. The zero-order valence-corrected chi connectivity index (χ0v) is 20.7. The smallest absolute Gasteiger partial charge is 0.326 e. The van der Waals surface area contributed by atoms with E-state index in [1.807, 2.05) is 74.5 Å². The van der Waals surface area contributed by atoms with Crippen molar-refractivity contribution >= 4 is 28.6 Å². The van der Waals surface area contributed by atoms with Crippen LogP contribution in [-0.2, 0) is 17.8 Å². The van der Waals surface area contributed by atoms with Crippen molar-refractivity contribution in [2.45, 2.75) is 32.9 Å². The minimum atomic E-state index is -1.11. The Kier molecular flexibility index (Phi) is 7.74. The molecule has 0 bridgehead atoms. The lowest BCUT2D eigenvalue weighted by Crippen LogP contribution is -2.44. The summed E-state index contributed by atoms with van der Waals surface area (Å²) in [6.45, 7) is 5.16. The van der Waals surface area contributed by atoms with Crippen LogP contribution in [0.2, 0.25) is 0 Å². The number of anilines is 1. The van der Waals surface area contributed by atoms with Crippen LogP contribution >= 0.6 is 0 Å². The molecule has 1 aromatic heterocycles. The van der Waals surface area contributed by atoms with E-state index >= 15 is 0 Å². The highest BCUT2D eigenvalue weighted by Gasteiger charge is 2.21. The molecule has 0 aliphatic heterocycles. The number of aryl methyl sites for hydroxylation is 1. The van der Waals surface area contributed by atoms with Crippen LogP contribution in [0.5, 0.6) is 5.75 Å². The number of carbonyl (C=O) groups excluding carboxylic acids is 1. The molecule has 3 aromatic carbocycles. The number of carboxylic acid groups (broad SMARTS) is 1. The normalized spacial score (nSPS) is 11.5. The molecule has 2 amide bonds. The summed E-state index contributed by atoms with van der Waals surface area (Å²) >= 11 is 0. The molecule has 0 spiro atoms. The van der Waals surface area contributed by atoms with Gasteiger partial charge in [-0.2, -0.15) is 5.26 Å². The molecule has 37 heavy (non-hydrogen) atoms. The molecule has 3 N–H and O–H groups in total. The van der Waals surface area contributed by atoms with Crippen LogP contribution in [0.25, 0.3) is 22.2 Å². The molecule has 8 nitrogen and oxygen atoms in total. The summed E-state index contributed by atoms with van der Waals surface area (Å²) in [6.07, 6.45) is 0.173. The molecule has 0 aliphatic carbocycles. The van der Waals surface area contributed by atoms with Crippen molar-refractivity contribution in [2.24, 2.45) is 0 Å². The third kappa shape index (κ3) is 5.57. The van der Waals surface area contributed by atoms with Crippen molar-refractivity contribution in [1.82, 2.24) is 9.88 Å². The molecule has 8 heteroatoms. The number of nitriles is 1. The maximum atomic E-state index is 12.5. The molecule has 1 heterocycles. The number of fused-ring (bicyclic) bond motifs is 1. The third-order valence-electron chi connectivity index (χ3n) is 6.08. The van der Waals surface area contributed by atoms with Gasteiger partial charge in [0.05, 0.1) is 23.4 Å². The number of urea groups is 1. The van der Waals surface area contributed by atoms with Gasteiger partial charge in [-0.25, -0.2) is 9.59 Å². The van der Waals surface area contributed by atoms with E-state index in [1.165, 1.54) is 0 Å². The van der Waals surface area contributed by atoms with Gasteiger partial charge in [-0.15, -0.1) is 0 Å². The van der Waals surface area contributed by atoms with Gasteiger partial charge in [0.25, 0.3) is 0 Å².